The van der Waals surface area contributed by atoms with Crippen LogP contribution < -0.4 is 4.72 Å². The van der Waals surface area contributed by atoms with Crippen molar-refractivity contribution in [2.24, 2.45) is 0 Å². The lowest BCUT2D eigenvalue weighted by Gasteiger charge is -2.18. The van der Waals surface area contributed by atoms with Gasteiger partial charge in [-0.2, -0.15) is 13.2 Å². The summed E-state index contributed by atoms with van der Waals surface area (Å²) in [6.07, 6.45) is -5.69. The van der Waals surface area contributed by atoms with E-state index in [1.54, 1.807) is 19.9 Å². The Morgan fingerprint density at radius 3 is 2.33 bits per heavy atom. The molecule has 4 nitrogen and oxygen atoms in total. The van der Waals surface area contributed by atoms with E-state index in [2.05, 4.69) is 0 Å². The highest BCUT2D eigenvalue weighted by Crippen LogP contribution is 2.24. The molecule has 120 valence electrons. The molecule has 0 bridgehead atoms. The van der Waals surface area contributed by atoms with Crippen LogP contribution in [0.5, 0.6) is 0 Å². The van der Waals surface area contributed by atoms with Gasteiger partial charge in [-0.1, -0.05) is 6.07 Å². The van der Waals surface area contributed by atoms with Gasteiger partial charge in [0.2, 0.25) is 10.0 Å². The first-order valence-corrected chi connectivity index (χ1v) is 7.74. The van der Waals surface area contributed by atoms with Crippen LogP contribution in [-0.4, -0.2) is 25.7 Å². The highest BCUT2D eigenvalue weighted by Gasteiger charge is 2.32. The van der Waals surface area contributed by atoms with Crippen LogP contribution in [0.2, 0.25) is 0 Å². The van der Waals surface area contributed by atoms with Gasteiger partial charge in [-0.15, -0.1) is 0 Å². The van der Waals surface area contributed by atoms with Gasteiger partial charge in [0.15, 0.2) is 0 Å². The number of aliphatic hydroxyl groups excluding tert-OH is 1. The maximum Gasteiger partial charge on any atom is 0.390 e. The SMILES string of the molecule is Cc1cc(CO)cc(S(=O)(=O)NC(C)CC(F)(F)F)c1C. The molecule has 0 radical (unpaired) electrons. The molecule has 0 aliphatic carbocycles. The second-order valence-electron chi connectivity index (χ2n) is 5.04. The highest BCUT2D eigenvalue weighted by atomic mass is 32.2. The summed E-state index contributed by atoms with van der Waals surface area (Å²) in [5, 5.41) is 9.11. The van der Waals surface area contributed by atoms with E-state index in [4.69, 9.17) is 5.11 Å². The van der Waals surface area contributed by atoms with Crippen LogP contribution in [0.1, 0.15) is 30.0 Å². The molecule has 0 amide bonds. The number of aliphatic hydroxyl groups is 1. The highest BCUT2D eigenvalue weighted by molar-refractivity contribution is 7.89. The fourth-order valence-corrected chi connectivity index (χ4v) is 3.60. The number of aryl methyl sites for hydroxylation is 1. The summed E-state index contributed by atoms with van der Waals surface area (Å²) in [6.45, 7) is 4.05. The average molecular weight is 325 g/mol. The molecule has 1 unspecified atom stereocenters. The largest absolute Gasteiger partial charge is 0.392 e. The number of benzene rings is 1. The molecular weight excluding hydrogens is 307 g/mol. The van der Waals surface area contributed by atoms with E-state index in [0.29, 0.717) is 16.7 Å². The Bertz CT molecular complexity index is 612. The third-order valence-electron chi connectivity index (χ3n) is 3.05. The molecule has 8 heteroatoms. The van der Waals surface area contributed by atoms with E-state index in [-0.39, 0.29) is 11.5 Å². The van der Waals surface area contributed by atoms with Crippen LogP contribution in [0.25, 0.3) is 0 Å². The molecule has 0 aliphatic rings. The van der Waals surface area contributed by atoms with Crippen molar-refractivity contribution in [1.82, 2.24) is 4.72 Å². The molecule has 0 saturated heterocycles. The van der Waals surface area contributed by atoms with Crippen LogP contribution in [0.4, 0.5) is 13.2 Å². The lowest BCUT2D eigenvalue weighted by atomic mass is 10.1. The van der Waals surface area contributed by atoms with Crippen molar-refractivity contribution in [3.05, 3.63) is 28.8 Å². The second-order valence-corrected chi connectivity index (χ2v) is 6.72. The van der Waals surface area contributed by atoms with E-state index in [0.717, 1.165) is 6.92 Å². The molecule has 0 fully saturated rings. The van der Waals surface area contributed by atoms with E-state index in [9.17, 15) is 21.6 Å². The molecule has 1 aromatic rings. The van der Waals surface area contributed by atoms with E-state index in [1.165, 1.54) is 6.07 Å². The third kappa shape index (κ3) is 4.98. The van der Waals surface area contributed by atoms with Gasteiger partial charge in [0.1, 0.15) is 0 Å². The summed E-state index contributed by atoms with van der Waals surface area (Å²) in [5.41, 5.74) is 1.48. The summed E-state index contributed by atoms with van der Waals surface area (Å²) in [4.78, 5) is -0.111. The molecule has 21 heavy (non-hydrogen) atoms. The predicted octanol–water partition coefficient (Wildman–Crippen LogP) is 2.41. The van der Waals surface area contributed by atoms with Crippen LogP contribution in [0.3, 0.4) is 0 Å². The normalized spacial score (nSPS) is 14.2. The van der Waals surface area contributed by atoms with Crippen LogP contribution in [0.15, 0.2) is 17.0 Å². The van der Waals surface area contributed by atoms with E-state index in [1.807, 2.05) is 4.72 Å². The van der Waals surface area contributed by atoms with Crippen molar-refractivity contribution < 1.29 is 26.7 Å². The summed E-state index contributed by atoms with van der Waals surface area (Å²) in [6, 6.07) is 1.63. The molecule has 0 saturated carbocycles. The van der Waals surface area contributed by atoms with E-state index < -0.39 is 28.7 Å². The number of hydrogen-bond donors (Lipinski definition) is 2. The quantitative estimate of drug-likeness (QED) is 0.874. The van der Waals surface area contributed by atoms with Crippen LogP contribution >= 0.6 is 0 Å². The lowest BCUT2D eigenvalue weighted by Crippen LogP contribution is -2.36. The zero-order chi connectivity index (χ0) is 16.4. The van der Waals surface area contributed by atoms with Gasteiger partial charge >= 0.3 is 6.18 Å². The Labute approximate surface area is 122 Å². The second kappa shape index (κ2) is 6.33. The minimum Gasteiger partial charge on any atom is -0.392 e. The van der Waals surface area contributed by atoms with Gasteiger partial charge in [-0.3, -0.25) is 0 Å². The van der Waals surface area contributed by atoms with Gasteiger partial charge in [0, 0.05) is 6.04 Å². The fourth-order valence-electron chi connectivity index (χ4n) is 1.99. The molecule has 2 N–H and O–H groups in total. The summed E-state index contributed by atoms with van der Waals surface area (Å²) in [7, 11) is -4.08. The zero-order valence-corrected chi connectivity index (χ0v) is 12.8. The first-order valence-electron chi connectivity index (χ1n) is 6.26. The first-order chi connectivity index (χ1) is 9.46. The number of sulfonamides is 1. The summed E-state index contributed by atoms with van der Waals surface area (Å²) >= 11 is 0. The number of nitrogens with one attached hydrogen (secondary N) is 1. The Morgan fingerprint density at radius 1 is 1.29 bits per heavy atom. The van der Waals surface area contributed by atoms with E-state index >= 15 is 0 Å². The van der Waals surface area contributed by atoms with Crippen molar-refractivity contribution in [3.8, 4) is 0 Å². The Morgan fingerprint density at radius 2 is 1.86 bits per heavy atom. The molecule has 0 aromatic heterocycles. The lowest BCUT2D eigenvalue weighted by molar-refractivity contribution is -0.137. The molecule has 0 heterocycles. The Balaban J connectivity index is 3.11. The fraction of sp³-hybridized carbons (Fsp3) is 0.538. The van der Waals surface area contributed by atoms with Gasteiger partial charge in [0.25, 0.3) is 0 Å². The maximum absolute atomic E-state index is 12.3. The number of rotatable bonds is 5. The average Bonchev–Trinajstić information content (AvgIpc) is 2.28. The summed E-state index contributed by atoms with van der Waals surface area (Å²) < 4.78 is 63.3. The van der Waals surface area contributed by atoms with Gasteiger partial charge in [-0.25, -0.2) is 13.1 Å². The van der Waals surface area contributed by atoms with Crippen molar-refractivity contribution in [1.29, 1.82) is 0 Å². The van der Waals surface area contributed by atoms with Crippen LogP contribution in [0, 0.1) is 13.8 Å². The maximum atomic E-state index is 12.3. The summed E-state index contributed by atoms with van der Waals surface area (Å²) in [5.74, 6) is 0. The van der Waals surface area contributed by atoms with Gasteiger partial charge in [-0.05, 0) is 43.5 Å². The topological polar surface area (TPSA) is 66.4 Å². The molecule has 1 aromatic carbocycles. The molecule has 0 spiro atoms. The smallest absolute Gasteiger partial charge is 0.390 e. The van der Waals surface area contributed by atoms with Gasteiger partial charge < -0.3 is 5.11 Å². The minimum absolute atomic E-state index is 0.111. The monoisotopic (exact) mass is 325 g/mol. The molecule has 0 aliphatic heterocycles. The number of alkyl halides is 3. The van der Waals surface area contributed by atoms with Crippen molar-refractivity contribution in [3.63, 3.8) is 0 Å². The standard InChI is InChI=1S/C13H18F3NO3S/c1-8-4-11(7-18)5-12(10(8)3)21(19,20)17-9(2)6-13(14,15)16/h4-5,9,17-18H,6-7H2,1-3H3. The number of halogens is 3. The first kappa shape index (κ1) is 17.9. The molecule has 1 rings (SSSR count). The number of hydrogen-bond acceptors (Lipinski definition) is 3. The molecule has 1 atom stereocenters. The van der Waals surface area contributed by atoms with Crippen LogP contribution in [-0.2, 0) is 16.6 Å². The Kier molecular flexibility index (Phi) is 5.40. The molecular formula is C13H18F3NO3S. The Hall–Kier alpha value is -1.12. The third-order valence-corrected chi connectivity index (χ3v) is 4.76. The predicted molar refractivity (Wildman–Crippen MR) is 72.3 cm³/mol. The van der Waals surface area contributed by atoms with Crippen molar-refractivity contribution >= 4 is 10.0 Å². The zero-order valence-electron chi connectivity index (χ0n) is 12.0. The van der Waals surface area contributed by atoms with Gasteiger partial charge in [0.05, 0.1) is 17.9 Å². The minimum atomic E-state index is -4.44. The van der Waals surface area contributed by atoms with Crippen molar-refractivity contribution in [2.45, 2.75) is 50.9 Å². The van der Waals surface area contributed by atoms with Crippen molar-refractivity contribution in [2.75, 3.05) is 0 Å².